The van der Waals surface area contributed by atoms with Gasteiger partial charge in [-0.2, -0.15) is 0 Å². The van der Waals surface area contributed by atoms with Crippen molar-refractivity contribution in [3.05, 3.63) is 65.2 Å². The lowest BCUT2D eigenvalue weighted by molar-refractivity contribution is 0.475. The molecule has 16 heavy (non-hydrogen) atoms. The van der Waals surface area contributed by atoms with Gasteiger partial charge in [0.05, 0.1) is 0 Å². The molecule has 0 bridgehead atoms. The molecule has 0 aliphatic carbocycles. The largest absolute Gasteiger partial charge is 0.508 e. The smallest absolute Gasteiger partial charge is 0.115 e. The summed E-state index contributed by atoms with van der Waals surface area (Å²) in [5.41, 5.74) is 3.53. The number of aromatic hydroxyl groups is 1. The molecular weight excluding hydrogens is 196 g/mol. The van der Waals surface area contributed by atoms with Crippen molar-refractivity contribution in [3.63, 3.8) is 0 Å². The quantitative estimate of drug-likeness (QED) is 0.746. The average Bonchev–Trinajstić information content (AvgIpc) is 2.30. The highest BCUT2D eigenvalue weighted by molar-refractivity contribution is 5.69. The fourth-order valence-electron chi connectivity index (χ4n) is 1.46. The monoisotopic (exact) mass is 210 g/mol. The predicted molar refractivity (Wildman–Crippen MR) is 68.2 cm³/mol. The maximum Gasteiger partial charge on any atom is 0.115 e. The van der Waals surface area contributed by atoms with Crippen LogP contribution in [-0.4, -0.2) is 5.11 Å². The summed E-state index contributed by atoms with van der Waals surface area (Å²) in [6.45, 7) is 2.08. The van der Waals surface area contributed by atoms with Gasteiger partial charge in [0.25, 0.3) is 0 Å². The van der Waals surface area contributed by atoms with E-state index >= 15 is 0 Å². The lowest BCUT2D eigenvalue weighted by atomic mass is 10.1. The summed E-state index contributed by atoms with van der Waals surface area (Å²) in [4.78, 5) is 0. The number of hydrogen-bond acceptors (Lipinski definition) is 1. The van der Waals surface area contributed by atoms with Crippen molar-refractivity contribution < 1.29 is 5.11 Å². The van der Waals surface area contributed by atoms with Crippen LogP contribution in [0.1, 0.15) is 16.7 Å². The second-order valence-electron chi connectivity index (χ2n) is 3.84. The molecule has 1 heteroatoms. The van der Waals surface area contributed by atoms with E-state index in [2.05, 4.69) is 37.3 Å². The summed E-state index contributed by atoms with van der Waals surface area (Å²) >= 11 is 0. The molecule has 0 saturated carbocycles. The Hall–Kier alpha value is -2.02. The molecule has 1 N–H and O–H groups in total. The molecule has 0 spiro atoms. The Balaban J connectivity index is 2.15. The summed E-state index contributed by atoms with van der Waals surface area (Å²) in [7, 11) is 0. The summed E-state index contributed by atoms with van der Waals surface area (Å²) in [6.07, 6.45) is 4.09. The average molecular weight is 210 g/mol. The van der Waals surface area contributed by atoms with Crippen molar-refractivity contribution >= 4 is 12.2 Å². The maximum atomic E-state index is 9.15. The summed E-state index contributed by atoms with van der Waals surface area (Å²) < 4.78 is 0. The molecule has 80 valence electrons. The zero-order valence-electron chi connectivity index (χ0n) is 9.22. The summed E-state index contributed by atoms with van der Waals surface area (Å²) in [6, 6.07) is 15.5. The van der Waals surface area contributed by atoms with Crippen molar-refractivity contribution in [1.29, 1.82) is 0 Å². The third-order valence-electron chi connectivity index (χ3n) is 2.44. The third kappa shape index (κ3) is 2.74. The molecule has 0 unspecified atom stereocenters. The van der Waals surface area contributed by atoms with E-state index in [9.17, 15) is 0 Å². The van der Waals surface area contributed by atoms with Crippen LogP contribution in [0.5, 0.6) is 5.75 Å². The number of phenolic OH excluding ortho intramolecular Hbond substituents is 1. The van der Waals surface area contributed by atoms with Crippen molar-refractivity contribution in [3.8, 4) is 5.75 Å². The summed E-state index contributed by atoms with van der Waals surface area (Å²) in [5, 5.41) is 9.15. The first-order chi connectivity index (χ1) is 7.74. The van der Waals surface area contributed by atoms with Gasteiger partial charge in [0.2, 0.25) is 0 Å². The third-order valence-corrected chi connectivity index (χ3v) is 2.44. The SMILES string of the molecule is Cc1ccc(/C=C/c2ccc(O)cc2)cc1. The fourth-order valence-corrected chi connectivity index (χ4v) is 1.46. The minimum absolute atomic E-state index is 0.299. The van der Waals surface area contributed by atoms with Crippen LogP contribution in [0.25, 0.3) is 12.2 Å². The van der Waals surface area contributed by atoms with Crippen LogP contribution in [0.3, 0.4) is 0 Å². The van der Waals surface area contributed by atoms with Crippen LogP contribution in [0.4, 0.5) is 0 Å². The van der Waals surface area contributed by atoms with E-state index in [4.69, 9.17) is 5.11 Å². The van der Waals surface area contributed by atoms with E-state index in [1.54, 1.807) is 12.1 Å². The van der Waals surface area contributed by atoms with Gasteiger partial charge < -0.3 is 5.11 Å². The van der Waals surface area contributed by atoms with Crippen LogP contribution in [0, 0.1) is 6.92 Å². The van der Waals surface area contributed by atoms with E-state index in [-0.39, 0.29) is 0 Å². The lowest BCUT2D eigenvalue weighted by Gasteiger charge is -1.96. The molecule has 0 aliphatic rings. The number of rotatable bonds is 2. The summed E-state index contributed by atoms with van der Waals surface area (Å²) in [5.74, 6) is 0.299. The van der Waals surface area contributed by atoms with Gasteiger partial charge in [-0.25, -0.2) is 0 Å². The first kappa shape index (κ1) is 10.5. The molecule has 0 aromatic heterocycles. The molecule has 0 saturated heterocycles. The Kier molecular flexibility index (Phi) is 3.06. The molecule has 0 heterocycles. The van der Waals surface area contributed by atoms with Crippen LogP contribution >= 0.6 is 0 Å². The van der Waals surface area contributed by atoms with Gasteiger partial charge in [-0.1, -0.05) is 54.1 Å². The highest BCUT2D eigenvalue weighted by Gasteiger charge is 1.89. The van der Waals surface area contributed by atoms with E-state index in [0.29, 0.717) is 5.75 Å². The van der Waals surface area contributed by atoms with E-state index in [1.165, 1.54) is 11.1 Å². The first-order valence-corrected chi connectivity index (χ1v) is 5.28. The van der Waals surface area contributed by atoms with Gasteiger partial charge in [-0.15, -0.1) is 0 Å². The molecule has 0 amide bonds. The second kappa shape index (κ2) is 4.67. The molecule has 2 rings (SSSR count). The van der Waals surface area contributed by atoms with Crippen LogP contribution < -0.4 is 0 Å². The zero-order valence-corrected chi connectivity index (χ0v) is 9.22. The number of aryl methyl sites for hydroxylation is 1. The second-order valence-corrected chi connectivity index (χ2v) is 3.84. The molecule has 2 aromatic rings. The fraction of sp³-hybridized carbons (Fsp3) is 0.0667. The molecule has 1 nitrogen and oxygen atoms in total. The molecule has 0 atom stereocenters. The number of hydrogen-bond donors (Lipinski definition) is 1. The number of benzene rings is 2. The van der Waals surface area contributed by atoms with Crippen molar-refractivity contribution in [2.45, 2.75) is 6.92 Å². The maximum absolute atomic E-state index is 9.15. The Labute approximate surface area is 95.7 Å². The standard InChI is InChI=1S/C15H14O/c1-12-2-4-13(5-3-12)6-7-14-8-10-15(16)11-9-14/h2-11,16H,1H3/b7-6+. The van der Waals surface area contributed by atoms with Crippen LogP contribution in [0.15, 0.2) is 48.5 Å². The Morgan fingerprint density at radius 1 is 0.750 bits per heavy atom. The predicted octanol–water partition coefficient (Wildman–Crippen LogP) is 3.87. The minimum atomic E-state index is 0.299. The Bertz CT molecular complexity index is 430. The highest BCUT2D eigenvalue weighted by Crippen LogP contribution is 2.13. The molecular formula is C15H14O. The van der Waals surface area contributed by atoms with Gasteiger partial charge in [0.15, 0.2) is 0 Å². The minimum Gasteiger partial charge on any atom is -0.508 e. The highest BCUT2D eigenvalue weighted by atomic mass is 16.3. The van der Waals surface area contributed by atoms with Crippen LogP contribution in [-0.2, 0) is 0 Å². The van der Waals surface area contributed by atoms with Gasteiger partial charge in [0, 0.05) is 0 Å². The van der Waals surface area contributed by atoms with Gasteiger partial charge in [-0.05, 0) is 30.2 Å². The van der Waals surface area contributed by atoms with Crippen molar-refractivity contribution in [2.75, 3.05) is 0 Å². The lowest BCUT2D eigenvalue weighted by Crippen LogP contribution is -1.74. The van der Waals surface area contributed by atoms with E-state index in [0.717, 1.165) is 5.56 Å². The molecule has 2 aromatic carbocycles. The van der Waals surface area contributed by atoms with E-state index < -0.39 is 0 Å². The van der Waals surface area contributed by atoms with Gasteiger partial charge in [0.1, 0.15) is 5.75 Å². The van der Waals surface area contributed by atoms with Crippen molar-refractivity contribution in [1.82, 2.24) is 0 Å². The topological polar surface area (TPSA) is 20.2 Å². The normalized spacial score (nSPS) is 10.8. The molecule has 0 fully saturated rings. The van der Waals surface area contributed by atoms with Crippen molar-refractivity contribution in [2.24, 2.45) is 0 Å². The van der Waals surface area contributed by atoms with Crippen LogP contribution in [0.2, 0.25) is 0 Å². The zero-order chi connectivity index (χ0) is 11.4. The first-order valence-electron chi connectivity index (χ1n) is 5.28. The Morgan fingerprint density at radius 3 is 1.69 bits per heavy atom. The van der Waals surface area contributed by atoms with E-state index in [1.807, 2.05) is 18.2 Å². The Morgan fingerprint density at radius 2 is 1.19 bits per heavy atom. The molecule has 0 aliphatic heterocycles. The number of phenols is 1. The molecule has 0 radical (unpaired) electrons. The van der Waals surface area contributed by atoms with Gasteiger partial charge in [-0.3, -0.25) is 0 Å². The van der Waals surface area contributed by atoms with Gasteiger partial charge >= 0.3 is 0 Å².